The normalized spacial score (nSPS) is 18.7. The lowest BCUT2D eigenvalue weighted by atomic mass is 10.0. The Labute approximate surface area is 141 Å². The number of benzene rings is 1. The van der Waals surface area contributed by atoms with Gasteiger partial charge in [-0.2, -0.15) is 0 Å². The number of nitrogens with one attached hydrogen (secondary N) is 1. The molecule has 0 aliphatic carbocycles. The Hall–Kier alpha value is -1.88. The number of hydrogen-bond acceptors (Lipinski definition) is 4. The summed E-state index contributed by atoms with van der Waals surface area (Å²) in [6.45, 7) is 3.91. The summed E-state index contributed by atoms with van der Waals surface area (Å²) in [4.78, 5) is 6.77. The minimum absolute atomic E-state index is 0. The zero-order valence-electron chi connectivity index (χ0n) is 12.8. The molecule has 1 aromatic carbocycles. The molecule has 120 valence electrons. The molecule has 1 unspecified atom stereocenters. The minimum atomic E-state index is 0. The molecule has 0 radical (unpaired) electrons. The van der Waals surface area contributed by atoms with Crippen LogP contribution in [0.5, 0.6) is 0 Å². The average Bonchev–Trinajstić information content (AvgIpc) is 2.99. The van der Waals surface area contributed by atoms with Crippen molar-refractivity contribution in [1.29, 1.82) is 0 Å². The van der Waals surface area contributed by atoms with Gasteiger partial charge in [0.15, 0.2) is 0 Å². The molecule has 1 saturated heterocycles. The second kappa shape index (κ2) is 7.13. The first-order valence-corrected chi connectivity index (χ1v) is 7.71. The van der Waals surface area contributed by atoms with Gasteiger partial charge in [-0.05, 0) is 17.7 Å². The van der Waals surface area contributed by atoms with Crippen molar-refractivity contribution in [1.82, 2.24) is 15.2 Å². The summed E-state index contributed by atoms with van der Waals surface area (Å²) in [5.41, 5.74) is 3.49. The summed E-state index contributed by atoms with van der Waals surface area (Å²) >= 11 is 0. The predicted molar refractivity (Wildman–Crippen MR) is 93.7 cm³/mol. The van der Waals surface area contributed by atoms with Crippen LogP contribution in [0.25, 0.3) is 11.0 Å². The Morgan fingerprint density at radius 3 is 3.00 bits per heavy atom. The summed E-state index contributed by atoms with van der Waals surface area (Å²) in [5, 5.41) is 4.70. The van der Waals surface area contributed by atoms with Crippen LogP contribution in [-0.4, -0.2) is 29.5 Å². The molecule has 1 fully saturated rings. The van der Waals surface area contributed by atoms with E-state index in [4.69, 9.17) is 4.42 Å². The number of hydrogen-bond donors (Lipinski definition) is 1. The van der Waals surface area contributed by atoms with Crippen LogP contribution < -0.4 is 5.32 Å². The fraction of sp³-hybridized carbons (Fsp3) is 0.278. The summed E-state index contributed by atoms with van der Waals surface area (Å²) in [6.07, 6.45) is 5.69. The number of rotatable bonds is 3. The molecule has 4 rings (SSSR count). The first-order chi connectivity index (χ1) is 10.9. The molecule has 4 nitrogen and oxygen atoms in total. The van der Waals surface area contributed by atoms with Gasteiger partial charge in [-0.1, -0.05) is 24.3 Å². The third-order valence-corrected chi connectivity index (χ3v) is 4.36. The van der Waals surface area contributed by atoms with Gasteiger partial charge in [-0.25, -0.2) is 0 Å². The Bertz CT molecular complexity index is 759. The van der Waals surface area contributed by atoms with Crippen molar-refractivity contribution >= 4 is 23.4 Å². The molecule has 23 heavy (non-hydrogen) atoms. The van der Waals surface area contributed by atoms with Gasteiger partial charge in [-0.3, -0.25) is 9.88 Å². The SMILES string of the molecule is Cl.c1cncc(C2CNCCN2Cc2coc3ccccc23)c1. The molecule has 0 amide bonds. The molecule has 0 spiro atoms. The van der Waals surface area contributed by atoms with Gasteiger partial charge >= 0.3 is 0 Å². The standard InChI is InChI=1S/C18H19N3O.ClH/c1-2-6-18-16(5-1)15(13-22-18)12-21-9-8-20-11-17(21)14-4-3-7-19-10-14;/h1-7,10,13,17,20H,8-9,11-12H2;1H. The number of piperazine rings is 1. The largest absolute Gasteiger partial charge is 0.464 e. The molecule has 0 saturated carbocycles. The van der Waals surface area contributed by atoms with E-state index in [-0.39, 0.29) is 12.4 Å². The van der Waals surface area contributed by atoms with Crippen LogP contribution in [0.3, 0.4) is 0 Å². The fourth-order valence-corrected chi connectivity index (χ4v) is 3.21. The van der Waals surface area contributed by atoms with E-state index in [0.717, 1.165) is 31.8 Å². The Morgan fingerprint density at radius 2 is 2.13 bits per heavy atom. The Kier molecular flexibility index (Phi) is 4.96. The maximum absolute atomic E-state index is 5.68. The van der Waals surface area contributed by atoms with Crippen LogP contribution in [0.2, 0.25) is 0 Å². The molecule has 1 aliphatic rings. The number of aromatic nitrogens is 1. The van der Waals surface area contributed by atoms with Crippen LogP contribution in [0.1, 0.15) is 17.2 Å². The maximum Gasteiger partial charge on any atom is 0.134 e. The van der Waals surface area contributed by atoms with E-state index in [1.165, 1.54) is 16.5 Å². The topological polar surface area (TPSA) is 41.3 Å². The highest BCUT2D eigenvalue weighted by atomic mass is 35.5. The highest BCUT2D eigenvalue weighted by molar-refractivity contribution is 5.85. The van der Waals surface area contributed by atoms with Crippen molar-refractivity contribution in [2.45, 2.75) is 12.6 Å². The van der Waals surface area contributed by atoms with Crippen LogP contribution in [0, 0.1) is 0 Å². The zero-order chi connectivity index (χ0) is 14.8. The second-order valence-electron chi connectivity index (χ2n) is 5.73. The average molecular weight is 330 g/mol. The number of halogens is 1. The van der Waals surface area contributed by atoms with Gasteiger partial charge in [0.05, 0.1) is 6.26 Å². The molecular formula is C18H20ClN3O. The third-order valence-electron chi connectivity index (χ3n) is 4.36. The highest BCUT2D eigenvalue weighted by Crippen LogP contribution is 2.27. The number of nitrogens with zero attached hydrogens (tertiary/aromatic N) is 2. The lowest BCUT2D eigenvalue weighted by Crippen LogP contribution is -2.45. The van der Waals surface area contributed by atoms with Gasteiger partial charge < -0.3 is 9.73 Å². The van der Waals surface area contributed by atoms with E-state index in [9.17, 15) is 0 Å². The van der Waals surface area contributed by atoms with Crippen molar-refractivity contribution < 1.29 is 4.42 Å². The molecule has 1 atom stereocenters. The van der Waals surface area contributed by atoms with E-state index in [2.05, 4.69) is 33.4 Å². The number of furan rings is 1. The van der Waals surface area contributed by atoms with Crippen LogP contribution in [-0.2, 0) is 6.54 Å². The third kappa shape index (κ3) is 3.24. The van der Waals surface area contributed by atoms with E-state index in [1.54, 1.807) is 0 Å². The molecule has 3 aromatic rings. The minimum Gasteiger partial charge on any atom is -0.464 e. The van der Waals surface area contributed by atoms with Gasteiger partial charge in [-0.15, -0.1) is 12.4 Å². The van der Waals surface area contributed by atoms with Gasteiger partial charge in [0.25, 0.3) is 0 Å². The summed E-state index contributed by atoms with van der Waals surface area (Å²) in [5.74, 6) is 0. The molecule has 2 aromatic heterocycles. The van der Waals surface area contributed by atoms with Gasteiger partial charge in [0, 0.05) is 55.6 Å². The van der Waals surface area contributed by atoms with E-state index in [0.29, 0.717) is 6.04 Å². The first kappa shape index (κ1) is 16.0. The van der Waals surface area contributed by atoms with Crippen molar-refractivity contribution in [2.75, 3.05) is 19.6 Å². The summed E-state index contributed by atoms with van der Waals surface area (Å²) in [7, 11) is 0. The maximum atomic E-state index is 5.68. The summed E-state index contributed by atoms with van der Waals surface area (Å²) < 4.78 is 5.68. The Morgan fingerprint density at radius 1 is 1.22 bits per heavy atom. The Balaban J connectivity index is 0.00000156. The predicted octanol–water partition coefficient (Wildman–Crippen LogP) is 3.40. The smallest absolute Gasteiger partial charge is 0.134 e. The molecule has 1 aliphatic heterocycles. The van der Waals surface area contributed by atoms with Crippen LogP contribution in [0.15, 0.2) is 59.5 Å². The molecule has 5 heteroatoms. The lowest BCUT2D eigenvalue weighted by molar-refractivity contribution is 0.153. The molecule has 0 bridgehead atoms. The lowest BCUT2D eigenvalue weighted by Gasteiger charge is -2.36. The quantitative estimate of drug-likeness (QED) is 0.799. The van der Waals surface area contributed by atoms with Gasteiger partial charge in [0.1, 0.15) is 5.58 Å². The molecular weight excluding hydrogens is 310 g/mol. The number of pyridine rings is 1. The zero-order valence-corrected chi connectivity index (χ0v) is 13.6. The van der Waals surface area contributed by atoms with Crippen molar-refractivity contribution in [2.24, 2.45) is 0 Å². The van der Waals surface area contributed by atoms with Crippen molar-refractivity contribution in [3.63, 3.8) is 0 Å². The monoisotopic (exact) mass is 329 g/mol. The number of fused-ring (bicyclic) bond motifs is 1. The molecule has 1 N–H and O–H groups in total. The first-order valence-electron chi connectivity index (χ1n) is 7.71. The van der Waals surface area contributed by atoms with E-state index in [1.807, 2.05) is 36.9 Å². The fourth-order valence-electron chi connectivity index (χ4n) is 3.21. The second-order valence-corrected chi connectivity index (χ2v) is 5.73. The summed E-state index contributed by atoms with van der Waals surface area (Å²) in [6, 6.07) is 12.8. The molecule has 3 heterocycles. The van der Waals surface area contributed by atoms with Crippen LogP contribution in [0.4, 0.5) is 0 Å². The number of para-hydroxylation sites is 1. The van der Waals surface area contributed by atoms with Crippen LogP contribution >= 0.6 is 12.4 Å². The highest BCUT2D eigenvalue weighted by Gasteiger charge is 2.24. The van der Waals surface area contributed by atoms with Crippen molar-refractivity contribution in [3.8, 4) is 0 Å². The van der Waals surface area contributed by atoms with Gasteiger partial charge in [0.2, 0.25) is 0 Å². The van der Waals surface area contributed by atoms with E-state index >= 15 is 0 Å². The van der Waals surface area contributed by atoms with Crippen molar-refractivity contribution in [3.05, 3.63) is 66.2 Å². The van der Waals surface area contributed by atoms with E-state index < -0.39 is 0 Å².